The third kappa shape index (κ3) is 17.5. The van der Waals surface area contributed by atoms with Crippen molar-refractivity contribution in [3.05, 3.63) is 295 Å². The van der Waals surface area contributed by atoms with E-state index in [1.807, 2.05) is 36.5 Å². The topological polar surface area (TPSA) is 82.2 Å². The van der Waals surface area contributed by atoms with E-state index in [-0.39, 0.29) is 87.4 Å². The van der Waals surface area contributed by atoms with Gasteiger partial charge in [0.25, 0.3) is 0 Å². The van der Waals surface area contributed by atoms with E-state index in [9.17, 15) is 0 Å². The van der Waals surface area contributed by atoms with Gasteiger partial charge >= 0.3 is 51.7 Å². The van der Waals surface area contributed by atoms with Crippen LogP contribution in [0.1, 0.15) is 161 Å². The molecule has 82 heavy (non-hydrogen) atoms. The van der Waals surface area contributed by atoms with Crippen LogP contribution in [0.3, 0.4) is 0 Å². The molecule has 2 aliphatic rings. The van der Waals surface area contributed by atoms with Crippen molar-refractivity contribution in [3.8, 4) is 11.3 Å². The molecule has 0 radical (unpaired) electrons. The number of aryl methyl sites for hydroxylation is 2. The Balaban J connectivity index is 0.000000333. The molecule has 0 spiro atoms. The number of hydrogen-bond donors (Lipinski definition) is 0. The first kappa shape index (κ1) is 70.3. The van der Waals surface area contributed by atoms with Gasteiger partial charge in [0, 0.05) is 17.5 Å². The maximum absolute atomic E-state index is 5.12. The summed E-state index contributed by atoms with van der Waals surface area (Å²) < 4.78 is 0. The molecule has 6 nitrogen and oxygen atoms in total. The van der Waals surface area contributed by atoms with Gasteiger partial charge in [0.05, 0.1) is 11.2 Å². The van der Waals surface area contributed by atoms with Crippen molar-refractivity contribution in [1.29, 1.82) is 0 Å². The quantitative estimate of drug-likeness (QED) is 0.0803. The van der Waals surface area contributed by atoms with Crippen LogP contribution in [0.15, 0.2) is 194 Å². The van der Waals surface area contributed by atoms with Crippen molar-refractivity contribution in [1.82, 2.24) is 9.97 Å². The molecule has 2 heterocycles. The van der Waals surface area contributed by atoms with Gasteiger partial charge in [-0.1, -0.05) is 291 Å². The minimum absolute atomic E-state index is 0. The van der Waals surface area contributed by atoms with E-state index in [1.54, 1.807) is 0 Å². The third-order valence-electron chi connectivity index (χ3n) is 14.7. The number of pyridine rings is 2. The Kier molecular flexibility index (Phi) is 29.1. The molecule has 2 aliphatic carbocycles. The maximum Gasteiger partial charge on any atom is 4.00 e. The molecule has 0 amide bonds. The summed E-state index contributed by atoms with van der Waals surface area (Å²) >= 11 is 0. The minimum Gasteiger partial charge on any atom is -0.679 e. The van der Waals surface area contributed by atoms with Gasteiger partial charge in [0.1, 0.15) is 0 Å². The number of rotatable bonds is 14. The number of hydrogen-bond acceptors (Lipinski definition) is 2. The summed E-state index contributed by atoms with van der Waals surface area (Å²) in [6, 6.07) is 66.1. The van der Waals surface area contributed by atoms with Gasteiger partial charge in [-0.25, -0.2) is 0 Å². The van der Waals surface area contributed by atoms with Gasteiger partial charge in [-0.05, 0) is 76.8 Å². The van der Waals surface area contributed by atoms with E-state index < -0.39 is 0 Å². The van der Waals surface area contributed by atoms with E-state index in [4.69, 9.17) is 26.3 Å². The fourth-order valence-electron chi connectivity index (χ4n) is 10.8. The van der Waals surface area contributed by atoms with Crippen molar-refractivity contribution in [2.24, 2.45) is 0 Å². The second-order valence-corrected chi connectivity index (χ2v) is 21.5. The van der Waals surface area contributed by atoms with Crippen molar-refractivity contribution in [2.45, 2.75) is 130 Å². The first-order chi connectivity index (χ1) is 37.0. The Morgan fingerprint density at radius 1 is 0.463 bits per heavy atom. The van der Waals surface area contributed by atoms with Crippen LogP contribution in [0, 0.1) is 29.7 Å². The molecule has 2 aromatic heterocycles. The molecule has 7 aromatic carbocycles. The van der Waals surface area contributed by atoms with Crippen molar-refractivity contribution >= 4 is 39.3 Å². The van der Waals surface area contributed by atoms with E-state index >= 15 is 0 Å². The Labute approximate surface area is 533 Å². The zero-order valence-corrected chi connectivity index (χ0v) is 58.1. The molecule has 0 saturated carbocycles. The molecule has 0 bridgehead atoms. The summed E-state index contributed by atoms with van der Waals surface area (Å²) in [5.41, 5.74) is 20.3. The Morgan fingerprint density at radius 2 is 0.976 bits per heavy atom. The molecule has 2 atom stereocenters. The van der Waals surface area contributed by atoms with E-state index in [0.717, 1.165) is 63.6 Å². The van der Waals surface area contributed by atoms with E-state index in [1.165, 1.54) is 69.3 Å². The zero-order valence-electron chi connectivity index (χ0n) is 50.9. The molecule has 0 saturated heterocycles. The normalized spacial score (nSPS) is 13.5. The monoisotopic (exact) mass is 1420 g/mol. The van der Waals surface area contributed by atoms with E-state index in [2.05, 4.69) is 218 Å². The summed E-state index contributed by atoms with van der Waals surface area (Å²) in [6.07, 6.45) is 7.56. The van der Waals surface area contributed by atoms with Gasteiger partial charge in [0.15, 0.2) is 0 Å². The van der Waals surface area contributed by atoms with Crippen LogP contribution in [-0.2, 0) is 71.1 Å². The zero-order chi connectivity index (χ0) is 53.0. The van der Waals surface area contributed by atoms with Crippen molar-refractivity contribution in [3.63, 3.8) is 0 Å². The number of fused-ring (bicyclic) bond motifs is 3. The van der Waals surface area contributed by atoms with Gasteiger partial charge in [0.2, 0.25) is 0 Å². The molecule has 0 aliphatic heterocycles. The first-order valence-electron chi connectivity index (χ1n) is 27.7. The second-order valence-electron chi connectivity index (χ2n) is 21.5. The predicted octanol–water partition coefficient (Wildman–Crippen LogP) is 23.3. The second kappa shape index (κ2) is 34.0. The summed E-state index contributed by atoms with van der Waals surface area (Å²) in [6.45, 7) is 18.4. The SMILES string of the molecule is CC(C)c1cccc(C(C)C)c1[N-]Cc1cccc(-c2cccc3c2C([N-]c2ccccc2)CC3)n1.CC(C)c1cccc(C(C)C)c1[N-]c1cccc2cccnc12.[CH3-].[CH3-].[CH3-].[CH3-].[Hf+4].[Hf+4].c1ccc([N-]C2CCCc3ccccc32)cc1. The fourth-order valence-corrected chi connectivity index (χ4v) is 10.8. The minimum atomic E-state index is 0. The molecule has 0 N–H and O–H groups in total. The standard InChI is InChI=1S/C33H35N3.C21H23N2.C16H16N.4CH3.2Hf/c1-22(2)27-15-10-16-28(23(3)4)33(27)34-21-26-14-9-18-30(36-26)29-17-8-11-24-19-20-31(32(24)29)35-25-12-6-5-7-13-25;1-14(2)17-10-6-11-18(15(3)4)21(17)23-19-12-5-8-16-9-7-13-22-20(16)19;1-2-9-14(10-3-1)17-16-12-6-8-13-7-4-5-11-15(13)16;;;;;;/h5-18,22-23,31H,19-21H2,1-4H3;5-15H,1-4H3;1-5,7,9-11,16H,6,8,12H2;4*1H3;;/q-2;6*-1;2*+4. The Morgan fingerprint density at radius 3 is 1.59 bits per heavy atom. The Bertz CT molecular complexity index is 3260. The van der Waals surface area contributed by atoms with E-state index in [0.29, 0.717) is 36.3 Å². The van der Waals surface area contributed by atoms with Gasteiger partial charge in [-0.3, -0.25) is 9.97 Å². The average Bonchev–Trinajstić information content (AvgIpc) is 3.87. The largest absolute Gasteiger partial charge is 4.00 e. The maximum atomic E-state index is 5.12. The summed E-state index contributed by atoms with van der Waals surface area (Å²) in [4.78, 5) is 9.62. The fraction of sp³-hybridized carbons (Fsp3) is 0.270. The van der Waals surface area contributed by atoms with Crippen LogP contribution in [0.2, 0.25) is 0 Å². The molecule has 9 aromatic rings. The van der Waals surface area contributed by atoms with Crippen LogP contribution in [-0.4, -0.2) is 9.97 Å². The van der Waals surface area contributed by atoms with Crippen molar-refractivity contribution in [2.75, 3.05) is 0 Å². The molecule has 0 fully saturated rings. The van der Waals surface area contributed by atoms with Gasteiger partial charge in [-0.2, -0.15) is 0 Å². The average molecular weight is 1420 g/mol. The van der Waals surface area contributed by atoms with Gasteiger partial charge in [-0.15, -0.1) is 28.4 Å². The molecule has 8 heteroatoms. The molecule has 420 valence electrons. The van der Waals surface area contributed by atoms with Crippen LogP contribution in [0.5, 0.6) is 0 Å². The predicted molar refractivity (Wildman–Crippen MR) is 348 cm³/mol. The van der Waals surface area contributed by atoms with Crippen LogP contribution >= 0.6 is 0 Å². The van der Waals surface area contributed by atoms with Crippen LogP contribution < -0.4 is 0 Å². The number of para-hydroxylation sites is 5. The number of aromatic nitrogens is 2. The third-order valence-corrected chi connectivity index (χ3v) is 14.7. The summed E-state index contributed by atoms with van der Waals surface area (Å²) in [5, 5.41) is 21.2. The summed E-state index contributed by atoms with van der Waals surface area (Å²) in [5.74, 6) is 1.74. The van der Waals surface area contributed by atoms with Crippen LogP contribution in [0.25, 0.3) is 43.4 Å². The number of nitrogens with zero attached hydrogens (tertiary/aromatic N) is 6. The summed E-state index contributed by atoms with van der Waals surface area (Å²) in [7, 11) is 0. The number of benzene rings is 7. The molecule has 11 rings (SSSR count). The van der Waals surface area contributed by atoms with Gasteiger partial charge < -0.3 is 51.0 Å². The van der Waals surface area contributed by atoms with Crippen molar-refractivity contribution < 1.29 is 51.7 Å². The molecular weight excluding hydrogens is 1330 g/mol. The molecular formula is C74H86Hf2N6. The molecule has 2 unspecified atom stereocenters. The Hall–Kier alpha value is -5.96. The first-order valence-corrected chi connectivity index (χ1v) is 27.7. The smallest absolute Gasteiger partial charge is 0.679 e. The van der Waals surface area contributed by atoms with Crippen LogP contribution in [0.4, 0.5) is 28.4 Å².